The van der Waals surface area contributed by atoms with Gasteiger partial charge in [-0.25, -0.2) is 0 Å². The summed E-state index contributed by atoms with van der Waals surface area (Å²) in [6, 6.07) is 0.520. The van der Waals surface area contributed by atoms with E-state index in [4.69, 9.17) is 0 Å². The lowest BCUT2D eigenvalue weighted by atomic mass is 10.2. The average molecular weight is 447 g/mol. The minimum Gasteiger partial charge on any atom is -0.355 e. The molecule has 2 N–H and O–H groups in total. The first kappa shape index (κ1) is 21.5. The maximum atomic E-state index is 12.0. The lowest BCUT2D eigenvalue weighted by Crippen LogP contribution is -2.44. The molecule has 0 saturated heterocycles. The monoisotopic (exact) mass is 447 g/mol. The molecule has 1 aliphatic rings. The van der Waals surface area contributed by atoms with Crippen molar-refractivity contribution in [3.05, 3.63) is 0 Å². The van der Waals surface area contributed by atoms with Gasteiger partial charge in [0.05, 0.1) is 0 Å². The predicted octanol–water partition coefficient (Wildman–Crippen LogP) is 2.60. The fraction of sp³-hybridized carbons (Fsp3) is 0.929. The number of nitrogens with one attached hydrogen (secondary N) is 2. The molecule has 3 atom stereocenters. The number of guanidine groups is 1. The first-order valence-electron chi connectivity index (χ1n) is 7.25. The Bertz CT molecular complexity index is 359. The molecule has 0 aromatic carbocycles. The van der Waals surface area contributed by atoms with Crippen LogP contribution >= 0.6 is 35.7 Å². The van der Waals surface area contributed by atoms with Crippen LogP contribution in [0.1, 0.15) is 40.0 Å². The van der Waals surface area contributed by atoms with Gasteiger partial charge in [0, 0.05) is 46.2 Å². The molecule has 126 valence electrons. The summed E-state index contributed by atoms with van der Waals surface area (Å²) in [5, 5.41) is 7.52. The second kappa shape index (κ2) is 10.3. The summed E-state index contributed by atoms with van der Waals surface area (Å²) in [5.41, 5.74) is 0. The van der Waals surface area contributed by atoms with Crippen LogP contribution in [0.3, 0.4) is 0 Å². The van der Waals surface area contributed by atoms with E-state index in [9.17, 15) is 4.21 Å². The fourth-order valence-electron chi connectivity index (χ4n) is 2.24. The molecule has 1 rings (SSSR count). The molecule has 3 unspecified atom stereocenters. The second-order valence-corrected chi connectivity index (χ2v) is 9.64. The van der Waals surface area contributed by atoms with Gasteiger partial charge in [-0.1, -0.05) is 0 Å². The van der Waals surface area contributed by atoms with Gasteiger partial charge in [-0.3, -0.25) is 9.20 Å². The van der Waals surface area contributed by atoms with E-state index in [1.54, 1.807) is 7.05 Å². The van der Waals surface area contributed by atoms with E-state index in [2.05, 4.69) is 21.9 Å². The van der Waals surface area contributed by atoms with Gasteiger partial charge < -0.3 is 10.6 Å². The SMILES string of the molecule is CN=C(NCCS(=O)C(C)(C)C)NC1CCC(SC)C1.I. The third kappa shape index (κ3) is 8.06. The highest BCUT2D eigenvalue weighted by molar-refractivity contribution is 14.0. The zero-order valence-corrected chi connectivity index (χ0v) is 17.7. The molecule has 0 aromatic rings. The molecule has 0 aromatic heterocycles. The summed E-state index contributed by atoms with van der Waals surface area (Å²) < 4.78 is 11.8. The summed E-state index contributed by atoms with van der Waals surface area (Å²) in [6.45, 7) is 6.73. The normalized spacial score (nSPS) is 24.3. The van der Waals surface area contributed by atoms with E-state index in [0.717, 1.165) is 11.2 Å². The van der Waals surface area contributed by atoms with Crippen LogP contribution in [0.5, 0.6) is 0 Å². The highest BCUT2D eigenvalue weighted by atomic mass is 127. The van der Waals surface area contributed by atoms with Crippen LogP contribution in [0.25, 0.3) is 0 Å². The number of hydrogen-bond acceptors (Lipinski definition) is 3. The van der Waals surface area contributed by atoms with Gasteiger partial charge >= 0.3 is 0 Å². The molecule has 0 heterocycles. The van der Waals surface area contributed by atoms with E-state index >= 15 is 0 Å². The van der Waals surface area contributed by atoms with E-state index in [1.165, 1.54) is 19.3 Å². The first-order chi connectivity index (χ1) is 9.36. The Labute approximate surface area is 153 Å². The Morgan fingerprint density at radius 1 is 1.38 bits per heavy atom. The summed E-state index contributed by atoms with van der Waals surface area (Å²) in [6.07, 6.45) is 5.88. The molecule has 0 aliphatic heterocycles. The maximum Gasteiger partial charge on any atom is 0.191 e. The van der Waals surface area contributed by atoms with E-state index < -0.39 is 10.8 Å². The number of rotatable bonds is 5. The van der Waals surface area contributed by atoms with Crippen LogP contribution in [0.2, 0.25) is 0 Å². The van der Waals surface area contributed by atoms with Crippen molar-refractivity contribution in [3.8, 4) is 0 Å². The Morgan fingerprint density at radius 3 is 2.52 bits per heavy atom. The van der Waals surface area contributed by atoms with Crippen LogP contribution in [0.4, 0.5) is 0 Å². The zero-order valence-electron chi connectivity index (χ0n) is 13.8. The van der Waals surface area contributed by atoms with Crippen molar-refractivity contribution < 1.29 is 4.21 Å². The van der Waals surface area contributed by atoms with Gasteiger partial charge in [-0.2, -0.15) is 11.8 Å². The van der Waals surface area contributed by atoms with Gasteiger partial charge in [0.1, 0.15) is 0 Å². The van der Waals surface area contributed by atoms with Crippen molar-refractivity contribution in [1.82, 2.24) is 10.6 Å². The number of halogens is 1. The fourth-order valence-corrected chi connectivity index (χ4v) is 3.94. The number of aliphatic imine (C=N–C) groups is 1. The van der Waals surface area contributed by atoms with Crippen molar-refractivity contribution in [2.75, 3.05) is 25.6 Å². The van der Waals surface area contributed by atoms with Crippen LogP contribution in [-0.4, -0.2) is 51.8 Å². The van der Waals surface area contributed by atoms with Crippen molar-refractivity contribution in [2.45, 2.75) is 56.1 Å². The minimum absolute atomic E-state index is 0. The third-order valence-corrected chi connectivity index (χ3v) is 6.58. The first-order valence-corrected chi connectivity index (χ1v) is 9.86. The summed E-state index contributed by atoms with van der Waals surface area (Å²) >= 11 is 1.95. The van der Waals surface area contributed by atoms with E-state index in [1.807, 2.05) is 32.5 Å². The lowest BCUT2D eigenvalue weighted by Gasteiger charge is -2.20. The van der Waals surface area contributed by atoms with Crippen LogP contribution < -0.4 is 10.6 Å². The maximum absolute atomic E-state index is 12.0. The number of hydrogen-bond donors (Lipinski definition) is 2. The third-order valence-electron chi connectivity index (χ3n) is 3.55. The number of nitrogens with zero attached hydrogens (tertiary/aromatic N) is 1. The molecule has 0 amide bonds. The molecular formula is C14H30IN3OS2. The van der Waals surface area contributed by atoms with Gasteiger partial charge in [0.25, 0.3) is 0 Å². The van der Waals surface area contributed by atoms with Gasteiger partial charge in [0.15, 0.2) is 5.96 Å². The van der Waals surface area contributed by atoms with Gasteiger partial charge in [0.2, 0.25) is 0 Å². The summed E-state index contributed by atoms with van der Waals surface area (Å²) in [5.74, 6) is 1.49. The zero-order chi connectivity index (χ0) is 15.2. The highest BCUT2D eigenvalue weighted by Crippen LogP contribution is 2.27. The van der Waals surface area contributed by atoms with Crippen molar-refractivity contribution >= 4 is 52.5 Å². The molecule has 21 heavy (non-hydrogen) atoms. The average Bonchev–Trinajstić information content (AvgIpc) is 2.83. The molecule has 1 aliphatic carbocycles. The number of thioether (sulfide) groups is 1. The molecule has 1 fully saturated rings. The van der Waals surface area contributed by atoms with Gasteiger partial charge in [-0.15, -0.1) is 24.0 Å². The summed E-state index contributed by atoms with van der Waals surface area (Å²) in [7, 11) is 0.973. The molecule has 7 heteroatoms. The van der Waals surface area contributed by atoms with Crippen LogP contribution in [0, 0.1) is 0 Å². The Hall–Kier alpha value is 0.500. The van der Waals surface area contributed by atoms with Crippen LogP contribution in [-0.2, 0) is 10.8 Å². The minimum atomic E-state index is -0.815. The quantitative estimate of drug-likeness (QED) is 0.387. The largest absolute Gasteiger partial charge is 0.355 e. The van der Waals surface area contributed by atoms with Crippen molar-refractivity contribution in [1.29, 1.82) is 0 Å². The van der Waals surface area contributed by atoms with Gasteiger partial charge in [-0.05, 0) is 46.3 Å². The molecule has 0 radical (unpaired) electrons. The standard InChI is InChI=1S/C14H29N3OS2.HI/c1-14(2,3)20(18)9-8-16-13(15-4)17-11-6-7-12(10-11)19-5;/h11-12H,6-10H2,1-5H3,(H2,15,16,17);1H. The molecule has 4 nitrogen and oxygen atoms in total. The Morgan fingerprint density at radius 2 is 2.05 bits per heavy atom. The predicted molar refractivity (Wildman–Crippen MR) is 108 cm³/mol. The van der Waals surface area contributed by atoms with Crippen LogP contribution in [0.15, 0.2) is 4.99 Å². The molecule has 0 bridgehead atoms. The highest BCUT2D eigenvalue weighted by Gasteiger charge is 2.24. The van der Waals surface area contributed by atoms with E-state index in [-0.39, 0.29) is 28.7 Å². The topological polar surface area (TPSA) is 53.5 Å². The lowest BCUT2D eigenvalue weighted by molar-refractivity contribution is 0.615. The van der Waals surface area contributed by atoms with Crippen molar-refractivity contribution in [3.63, 3.8) is 0 Å². The van der Waals surface area contributed by atoms with Crippen molar-refractivity contribution in [2.24, 2.45) is 4.99 Å². The Kier molecular flexibility index (Phi) is 10.6. The second-order valence-electron chi connectivity index (χ2n) is 6.17. The van der Waals surface area contributed by atoms with E-state index in [0.29, 0.717) is 18.3 Å². The smallest absolute Gasteiger partial charge is 0.191 e. The molecule has 0 spiro atoms. The summed E-state index contributed by atoms with van der Waals surface area (Å²) in [4.78, 5) is 4.25. The Balaban J connectivity index is 0.00000400. The molecule has 1 saturated carbocycles. The molecular weight excluding hydrogens is 417 g/mol.